The highest BCUT2D eigenvalue weighted by molar-refractivity contribution is 5.98. The molecule has 6 rings (SSSR count). The number of fused-ring (bicyclic) bond motifs is 1. The SMILES string of the molecule is NC(=O)C(Cc1ccc2ccccc2c1)NC(=O)Nc1ccc(N2CCN(C3CCCCC3)CC2)c(NC(=O)CCCc2ccccc2)c1.[HH].[HH]. The molecule has 1 aliphatic heterocycles. The Morgan fingerprint density at radius 2 is 1.51 bits per heavy atom. The van der Waals surface area contributed by atoms with E-state index >= 15 is 0 Å². The lowest BCUT2D eigenvalue weighted by molar-refractivity contribution is -0.119. The maximum Gasteiger partial charge on any atom is 0.319 e. The van der Waals surface area contributed by atoms with Crippen molar-refractivity contribution in [2.45, 2.75) is 69.9 Å². The minimum atomic E-state index is -0.898. The van der Waals surface area contributed by atoms with Crippen LogP contribution in [0.15, 0.2) is 91.0 Å². The molecule has 1 unspecified atom stereocenters. The fourth-order valence-corrected chi connectivity index (χ4v) is 7.22. The van der Waals surface area contributed by atoms with Crippen molar-refractivity contribution in [3.63, 3.8) is 0 Å². The van der Waals surface area contributed by atoms with E-state index in [2.05, 4.69) is 37.9 Å². The van der Waals surface area contributed by atoms with Gasteiger partial charge in [0.15, 0.2) is 0 Å². The summed E-state index contributed by atoms with van der Waals surface area (Å²) in [6.07, 6.45) is 8.76. The first kappa shape index (κ1) is 34.0. The molecule has 0 aromatic heterocycles. The molecule has 2 fully saturated rings. The summed E-state index contributed by atoms with van der Waals surface area (Å²) < 4.78 is 0. The molecule has 1 atom stereocenters. The summed E-state index contributed by atoms with van der Waals surface area (Å²) in [5, 5.41) is 10.9. The smallest absolute Gasteiger partial charge is 0.319 e. The Bertz CT molecular complexity index is 1740. The van der Waals surface area contributed by atoms with Crippen LogP contribution in [0.2, 0.25) is 0 Å². The maximum absolute atomic E-state index is 13.2. The van der Waals surface area contributed by atoms with Crippen LogP contribution in [0.4, 0.5) is 21.9 Å². The van der Waals surface area contributed by atoms with Gasteiger partial charge in [0.1, 0.15) is 6.04 Å². The van der Waals surface area contributed by atoms with Crippen LogP contribution in [0.3, 0.4) is 0 Å². The number of hydrogen-bond donors (Lipinski definition) is 4. The Kier molecular flexibility index (Phi) is 11.4. The number of urea groups is 1. The van der Waals surface area contributed by atoms with Crippen LogP contribution >= 0.6 is 0 Å². The van der Waals surface area contributed by atoms with E-state index in [1.807, 2.05) is 72.8 Å². The molecule has 49 heavy (non-hydrogen) atoms. The van der Waals surface area contributed by atoms with Gasteiger partial charge in [-0.15, -0.1) is 0 Å². The number of amides is 4. The number of anilines is 3. The Labute approximate surface area is 292 Å². The Morgan fingerprint density at radius 1 is 0.776 bits per heavy atom. The van der Waals surface area contributed by atoms with Gasteiger partial charge in [0.2, 0.25) is 11.8 Å². The summed E-state index contributed by atoms with van der Waals surface area (Å²) in [6, 6.07) is 29.0. The van der Waals surface area contributed by atoms with E-state index in [-0.39, 0.29) is 15.2 Å². The first-order chi connectivity index (χ1) is 23.9. The van der Waals surface area contributed by atoms with Crippen molar-refractivity contribution >= 4 is 45.7 Å². The number of aryl methyl sites for hydroxylation is 1. The predicted octanol–water partition coefficient (Wildman–Crippen LogP) is 6.97. The van der Waals surface area contributed by atoms with Crippen molar-refractivity contribution in [3.8, 4) is 0 Å². The average Bonchev–Trinajstić information content (AvgIpc) is 3.12. The normalized spacial score (nSPS) is 16.2. The highest BCUT2D eigenvalue weighted by atomic mass is 16.2. The number of rotatable bonds is 12. The van der Waals surface area contributed by atoms with Crippen molar-refractivity contribution in [1.82, 2.24) is 10.2 Å². The summed E-state index contributed by atoms with van der Waals surface area (Å²) in [5.41, 5.74) is 9.93. The topological polar surface area (TPSA) is 120 Å². The summed E-state index contributed by atoms with van der Waals surface area (Å²) in [6.45, 7) is 3.72. The van der Waals surface area contributed by atoms with Gasteiger partial charge in [0.25, 0.3) is 0 Å². The number of piperazine rings is 1. The van der Waals surface area contributed by atoms with Crippen molar-refractivity contribution in [2.24, 2.45) is 5.73 Å². The van der Waals surface area contributed by atoms with Gasteiger partial charge in [-0.2, -0.15) is 0 Å². The second kappa shape index (κ2) is 16.5. The highest BCUT2D eigenvalue weighted by Gasteiger charge is 2.27. The molecular formula is C40H52N6O3. The Balaban J connectivity index is 0.00000292. The molecule has 4 aromatic carbocycles. The molecule has 0 bridgehead atoms. The van der Waals surface area contributed by atoms with Gasteiger partial charge in [-0.3, -0.25) is 14.5 Å². The van der Waals surface area contributed by atoms with E-state index in [4.69, 9.17) is 5.73 Å². The molecule has 2 aliphatic rings. The molecule has 1 saturated carbocycles. The van der Waals surface area contributed by atoms with Crippen LogP contribution < -0.4 is 26.6 Å². The van der Waals surface area contributed by atoms with E-state index in [1.165, 1.54) is 37.7 Å². The molecule has 5 N–H and O–H groups in total. The number of benzene rings is 4. The van der Waals surface area contributed by atoms with Crippen LogP contribution in [0.5, 0.6) is 0 Å². The molecule has 4 amide bonds. The van der Waals surface area contributed by atoms with E-state index in [9.17, 15) is 14.4 Å². The second-order valence-electron chi connectivity index (χ2n) is 13.4. The van der Waals surface area contributed by atoms with E-state index in [1.54, 1.807) is 6.07 Å². The maximum atomic E-state index is 13.2. The van der Waals surface area contributed by atoms with Gasteiger partial charge in [0.05, 0.1) is 11.4 Å². The summed E-state index contributed by atoms with van der Waals surface area (Å²) in [5.74, 6) is -0.682. The minimum absolute atomic E-state index is 0. The van der Waals surface area contributed by atoms with Crippen molar-refractivity contribution < 1.29 is 17.2 Å². The lowest BCUT2D eigenvalue weighted by Crippen LogP contribution is -2.51. The number of hydrogen-bond acceptors (Lipinski definition) is 5. The molecule has 260 valence electrons. The first-order valence-electron chi connectivity index (χ1n) is 17.7. The van der Waals surface area contributed by atoms with Crippen LogP contribution in [-0.4, -0.2) is 61.0 Å². The predicted molar refractivity (Wildman–Crippen MR) is 202 cm³/mol. The molecule has 9 nitrogen and oxygen atoms in total. The molecular weight excluding hydrogens is 612 g/mol. The largest absolute Gasteiger partial charge is 0.368 e. The zero-order valence-electron chi connectivity index (χ0n) is 28.2. The van der Waals surface area contributed by atoms with Crippen LogP contribution in [-0.2, 0) is 22.4 Å². The van der Waals surface area contributed by atoms with Crippen LogP contribution in [0.1, 0.15) is 58.9 Å². The van der Waals surface area contributed by atoms with Crippen molar-refractivity contribution in [3.05, 3.63) is 102 Å². The first-order valence-corrected chi connectivity index (χ1v) is 17.7. The van der Waals surface area contributed by atoms with E-state index in [0.717, 1.165) is 61.0 Å². The second-order valence-corrected chi connectivity index (χ2v) is 13.4. The third-order valence-electron chi connectivity index (χ3n) is 9.89. The average molecular weight is 665 g/mol. The molecule has 1 saturated heterocycles. The Morgan fingerprint density at radius 3 is 2.27 bits per heavy atom. The number of carbonyl (C=O) groups is 3. The number of nitrogens with zero attached hydrogens (tertiary/aromatic N) is 2. The third-order valence-corrected chi connectivity index (χ3v) is 9.89. The zero-order chi connectivity index (χ0) is 34.0. The molecule has 1 heterocycles. The van der Waals surface area contributed by atoms with Gasteiger partial charge in [-0.1, -0.05) is 92.1 Å². The zero-order valence-corrected chi connectivity index (χ0v) is 28.2. The highest BCUT2D eigenvalue weighted by Crippen LogP contribution is 2.32. The summed E-state index contributed by atoms with van der Waals surface area (Å²) in [7, 11) is 0. The third kappa shape index (κ3) is 9.38. The van der Waals surface area contributed by atoms with E-state index < -0.39 is 18.0 Å². The van der Waals surface area contributed by atoms with Gasteiger partial charge < -0.3 is 26.6 Å². The van der Waals surface area contributed by atoms with Crippen LogP contribution in [0.25, 0.3) is 10.8 Å². The fraction of sp³-hybridized carbons (Fsp3) is 0.375. The van der Waals surface area contributed by atoms with Gasteiger partial charge in [0, 0.05) is 53.6 Å². The number of primary amides is 1. The lowest BCUT2D eigenvalue weighted by Gasteiger charge is -2.42. The quantitative estimate of drug-likeness (QED) is 0.131. The Hall–Kier alpha value is -4.89. The molecule has 0 radical (unpaired) electrons. The number of nitrogens with one attached hydrogen (secondary N) is 3. The van der Waals surface area contributed by atoms with Gasteiger partial charge in [-0.25, -0.2) is 4.79 Å². The van der Waals surface area contributed by atoms with Gasteiger partial charge in [-0.05, 0) is 65.8 Å². The van der Waals surface area contributed by atoms with Crippen LogP contribution in [0, 0.1) is 0 Å². The van der Waals surface area contributed by atoms with Crippen molar-refractivity contribution in [1.29, 1.82) is 0 Å². The summed E-state index contributed by atoms with van der Waals surface area (Å²) in [4.78, 5) is 43.7. The number of carbonyl (C=O) groups excluding carboxylic acids is 3. The van der Waals surface area contributed by atoms with Gasteiger partial charge >= 0.3 is 6.03 Å². The minimum Gasteiger partial charge on any atom is -0.368 e. The monoisotopic (exact) mass is 664 g/mol. The number of nitrogens with two attached hydrogens (primary N) is 1. The molecule has 0 spiro atoms. The molecule has 4 aromatic rings. The molecule has 9 heteroatoms. The fourth-order valence-electron chi connectivity index (χ4n) is 7.22. The summed E-state index contributed by atoms with van der Waals surface area (Å²) >= 11 is 0. The van der Waals surface area contributed by atoms with E-state index in [0.29, 0.717) is 23.8 Å². The lowest BCUT2D eigenvalue weighted by atomic mass is 9.94. The van der Waals surface area contributed by atoms with Crippen molar-refractivity contribution in [2.75, 3.05) is 41.7 Å². The standard InChI is InChI=1S/C40H48N6O3.2H2/c41-39(48)36(27-30-18-19-31-13-7-8-14-32(31)26-30)44-40(49)42-33-20-21-37(46-24-22-45(23-25-46)34-15-5-2-6-16-34)35(28-33)43-38(47)17-9-12-29-10-3-1-4-11-29;;/h1,3-4,7-8,10-11,13-14,18-21,26,28,34,36H,2,5-6,9,12,15-17,22-25,27H2,(H2,41,48)(H,43,47)(H2,42,44,49);2*1H. The molecule has 1 aliphatic carbocycles.